The number of benzene rings is 1. The van der Waals surface area contributed by atoms with Crippen LogP contribution in [-0.4, -0.2) is 81.9 Å². The maximum absolute atomic E-state index is 12.5. The SMILES string of the molecule is CN=C(NCCS(C)(=O)=O)N1CCN(C(=O)Cc2cccc(Cl)c2)CC1. The Morgan fingerprint density at radius 3 is 2.46 bits per heavy atom. The number of sulfone groups is 1. The van der Waals surface area contributed by atoms with Gasteiger partial charge < -0.3 is 15.1 Å². The Morgan fingerprint density at radius 2 is 1.88 bits per heavy atom. The van der Waals surface area contributed by atoms with Crippen LogP contribution < -0.4 is 5.32 Å². The molecular weight excluding hydrogens is 376 g/mol. The molecule has 0 atom stereocenters. The van der Waals surface area contributed by atoms with Crippen molar-refractivity contribution in [3.63, 3.8) is 0 Å². The van der Waals surface area contributed by atoms with Crippen LogP contribution >= 0.6 is 11.6 Å². The first kappa shape index (κ1) is 20.5. The minimum Gasteiger partial charge on any atom is -0.355 e. The Morgan fingerprint density at radius 1 is 1.23 bits per heavy atom. The maximum atomic E-state index is 12.5. The molecule has 0 saturated carbocycles. The van der Waals surface area contributed by atoms with E-state index in [1.165, 1.54) is 6.26 Å². The highest BCUT2D eigenvalue weighted by molar-refractivity contribution is 7.90. The van der Waals surface area contributed by atoms with E-state index < -0.39 is 9.84 Å². The molecule has 144 valence electrons. The number of aliphatic imine (C=N–C) groups is 1. The second-order valence-corrected chi connectivity index (χ2v) is 8.97. The Kier molecular flexibility index (Phi) is 7.28. The van der Waals surface area contributed by atoms with Gasteiger partial charge in [-0.1, -0.05) is 23.7 Å². The summed E-state index contributed by atoms with van der Waals surface area (Å²) in [7, 11) is -1.34. The van der Waals surface area contributed by atoms with E-state index in [0.29, 0.717) is 50.1 Å². The van der Waals surface area contributed by atoms with E-state index in [9.17, 15) is 13.2 Å². The average molecular weight is 401 g/mol. The monoisotopic (exact) mass is 400 g/mol. The molecule has 0 bridgehead atoms. The van der Waals surface area contributed by atoms with Crippen molar-refractivity contribution in [2.75, 3.05) is 51.8 Å². The van der Waals surface area contributed by atoms with E-state index in [2.05, 4.69) is 10.3 Å². The normalized spacial score (nSPS) is 15.9. The summed E-state index contributed by atoms with van der Waals surface area (Å²) in [5, 5.41) is 3.69. The van der Waals surface area contributed by atoms with Gasteiger partial charge in [0.1, 0.15) is 9.84 Å². The lowest BCUT2D eigenvalue weighted by molar-refractivity contribution is -0.131. The van der Waals surface area contributed by atoms with Crippen molar-refractivity contribution < 1.29 is 13.2 Å². The quantitative estimate of drug-likeness (QED) is 0.579. The number of nitrogens with one attached hydrogen (secondary N) is 1. The van der Waals surface area contributed by atoms with Gasteiger partial charge in [-0.15, -0.1) is 0 Å². The second-order valence-electron chi connectivity index (χ2n) is 6.28. The summed E-state index contributed by atoms with van der Waals surface area (Å²) in [4.78, 5) is 20.5. The fourth-order valence-corrected chi connectivity index (χ4v) is 3.47. The molecule has 1 fully saturated rings. The fourth-order valence-electron chi connectivity index (χ4n) is 2.78. The molecule has 0 aliphatic carbocycles. The predicted molar refractivity (Wildman–Crippen MR) is 104 cm³/mol. The third-order valence-electron chi connectivity index (χ3n) is 4.14. The van der Waals surface area contributed by atoms with Crippen LogP contribution in [0.1, 0.15) is 5.56 Å². The molecule has 1 saturated heterocycles. The number of amides is 1. The Balaban J connectivity index is 1.82. The summed E-state index contributed by atoms with van der Waals surface area (Å²) in [6.07, 6.45) is 1.55. The fraction of sp³-hybridized carbons (Fsp3) is 0.529. The number of piperazine rings is 1. The molecule has 7 nitrogen and oxygen atoms in total. The predicted octanol–water partition coefficient (Wildman–Crippen LogP) is 0.647. The number of guanidine groups is 1. The Bertz CT molecular complexity index is 759. The van der Waals surface area contributed by atoms with Crippen LogP contribution in [-0.2, 0) is 21.1 Å². The van der Waals surface area contributed by atoms with E-state index in [0.717, 1.165) is 5.56 Å². The van der Waals surface area contributed by atoms with Crippen molar-refractivity contribution in [1.82, 2.24) is 15.1 Å². The number of carbonyl (C=O) groups is 1. The van der Waals surface area contributed by atoms with Crippen molar-refractivity contribution >= 4 is 33.3 Å². The molecule has 1 aromatic carbocycles. The molecule has 0 unspecified atom stereocenters. The topological polar surface area (TPSA) is 82.1 Å². The molecular formula is C17H25ClN4O3S. The average Bonchev–Trinajstić information content (AvgIpc) is 2.58. The molecule has 26 heavy (non-hydrogen) atoms. The minimum absolute atomic E-state index is 0.0596. The summed E-state index contributed by atoms with van der Waals surface area (Å²) >= 11 is 5.96. The molecule has 1 aliphatic rings. The Hall–Kier alpha value is -1.80. The van der Waals surface area contributed by atoms with Crippen molar-refractivity contribution in [3.05, 3.63) is 34.9 Å². The van der Waals surface area contributed by atoms with Gasteiger partial charge in [0.2, 0.25) is 5.91 Å². The first-order valence-electron chi connectivity index (χ1n) is 8.44. The number of rotatable bonds is 5. The van der Waals surface area contributed by atoms with Crippen LogP contribution in [0.4, 0.5) is 0 Å². The number of carbonyl (C=O) groups excluding carboxylic acids is 1. The van der Waals surface area contributed by atoms with E-state index in [-0.39, 0.29) is 11.7 Å². The summed E-state index contributed by atoms with van der Waals surface area (Å²) < 4.78 is 22.4. The maximum Gasteiger partial charge on any atom is 0.227 e. The third-order valence-corrected chi connectivity index (χ3v) is 5.32. The van der Waals surface area contributed by atoms with Gasteiger partial charge in [-0.3, -0.25) is 9.79 Å². The van der Waals surface area contributed by atoms with E-state index in [1.807, 2.05) is 28.0 Å². The van der Waals surface area contributed by atoms with Crippen LogP contribution in [0.25, 0.3) is 0 Å². The zero-order valence-corrected chi connectivity index (χ0v) is 16.7. The molecule has 0 aromatic heterocycles. The largest absolute Gasteiger partial charge is 0.355 e. The lowest BCUT2D eigenvalue weighted by atomic mass is 10.1. The number of halogens is 1. The lowest BCUT2D eigenvalue weighted by Crippen LogP contribution is -2.54. The van der Waals surface area contributed by atoms with Gasteiger partial charge in [0.25, 0.3) is 0 Å². The molecule has 1 aliphatic heterocycles. The standard InChI is InChI=1S/C17H25ClN4O3S/c1-19-17(20-6-11-26(2,24)25)22-9-7-21(8-10-22)16(23)13-14-4-3-5-15(18)12-14/h3-5,12H,6-11,13H2,1-2H3,(H,19,20). The minimum atomic E-state index is -3.01. The zero-order chi connectivity index (χ0) is 19.2. The molecule has 1 amide bonds. The van der Waals surface area contributed by atoms with Crippen molar-refractivity contribution in [2.24, 2.45) is 4.99 Å². The molecule has 2 rings (SSSR count). The van der Waals surface area contributed by atoms with Crippen LogP contribution in [0.3, 0.4) is 0 Å². The highest BCUT2D eigenvalue weighted by atomic mass is 35.5. The van der Waals surface area contributed by atoms with Gasteiger partial charge in [-0.25, -0.2) is 8.42 Å². The molecule has 1 aromatic rings. The van der Waals surface area contributed by atoms with Gasteiger partial charge in [-0.05, 0) is 17.7 Å². The summed E-state index contributed by atoms with van der Waals surface area (Å²) in [6, 6.07) is 7.34. The Labute approximate surface area is 159 Å². The molecule has 1 N–H and O–H groups in total. The van der Waals surface area contributed by atoms with Crippen LogP contribution in [0, 0.1) is 0 Å². The van der Waals surface area contributed by atoms with E-state index in [4.69, 9.17) is 11.6 Å². The van der Waals surface area contributed by atoms with E-state index >= 15 is 0 Å². The van der Waals surface area contributed by atoms with Crippen molar-refractivity contribution in [3.8, 4) is 0 Å². The van der Waals surface area contributed by atoms with Crippen molar-refractivity contribution in [1.29, 1.82) is 0 Å². The first-order chi connectivity index (χ1) is 12.3. The second kappa shape index (κ2) is 9.23. The summed E-state index contributed by atoms with van der Waals surface area (Å²) in [5.41, 5.74) is 0.906. The van der Waals surface area contributed by atoms with Gasteiger partial charge in [0.05, 0.1) is 12.2 Å². The summed E-state index contributed by atoms with van der Waals surface area (Å²) in [5.74, 6) is 0.798. The van der Waals surface area contributed by atoms with Gasteiger partial charge in [-0.2, -0.15) is 0 Å². The molecule has 0 spiro atoms. The highest BCUT2D eigenvalue weighted by Gasteiger charge is 2.23. The third kappa shape index (κ3) is 6.49. The van der Waals surface area contributed by atoms with E-state index in [1.54, 1.807) is 13.1 Å². The summed E-state index contributed by atoms with van der Waals surface area (Å²) in [6.45, 7) is 2.83. The van der Waals surface area contributed by atoms with Gasteiger partial charge in [0.15, 0.2) is 5.96 Å². The van der Waals surface area contributed by atoms with Crippen LogP contribution in [0.5, 0.6) is 0 Å². The highest BCUT2D eigenvalue weighted by Crippen LogP contribution is 2.13. The smallest absolute Gasteiger partial charge is 0.227 e. The molecule has 0 radical (unpaired) electrons. The molecule has 1 heterocycles. The zero-order valence-electron chi connectivity index (χ0n) is 15.1. The lowest BCUT2D eigenvalue weighted by Gasteiger charge is -2.36. The van der Waals surface area contributed by atoms with Gasteiger partial charge >= 0.3 is 0 Å². The van der Waals surface area contributed by atoms with Crippen molar-refractivity contribution in [2.45, 2.75) is 6.42 Å². The van der Waals surface area contributed by atoms with Gasteiger partial charge in [0, 0.05) is 51.0 Å². The first-order valence-corrected chi connectivity index (χ1v) is 10.9. The molecule has 9 heteroatoms. The van der Waals surface area contributed by atoms with Crippen LogP contribution in [0.15, 0.2) is 29.3 Å². The number of nitrogens with zero attached hydrogens (tertiary/aromatic N) is 3. The number of hydrogen-bond acceptors (Lipinski definition) is 4. The van der Waals surface area contributed by atoms with Crippen LogP contribution in [0.2, 0.25) is 5.02 Å². The number of hydrogen-bond donors (Lipinski definition) is 1.